The maximum absolute atomic E-state index is 15.1. The highest BCUT2D eigenvalue weighted by Gasteiger charge is 2.54. The maximum Gasteiger partial charge on any atom is 0.204 e. The highest BCUT2D eigenvalue weighted by Crippen LogP contribution is 2.68. The molecular weight excluding hydrogens is 1730 g/mol. The average molecular weight is 1850 g/mol. The molecule has 0 fully saturated rings. The van der Waals surface area contributed by atoms with Gasteiger partial charge >= 0.3 is 0 Å². The van der Waals surface area contributed by atoms with E-state index in [0.717, 1.165) is 175 Å². The monoisotopic (exact) mass is 1840 g/mol. The molecule has 0 radical (unpaired) electrons. The fourth-order valence-electron chi connectivity index (χ4n) is 20.2. The molecule has 16 heteroatoms. The van der Waals surface area contributed by atoms with Gasteiger partial charge in [0.2, 0.25) is 11.6 Å². The highest BCUT2D eigenvalue weighted by atomic mass is 32.1. The number of hydrogen-bond acceptors (Lipinski definition) is 16. The molecule has 0 saturated heterocycles. The summed E-state index contributed by atoms with van der Waals surface area (Å²) >= 11 is 12.9. The minimum Gasteiger partial charge on any atom is -0.492 e. The smallest absolute Gasteiger partial charge is 0.204 e. The summed E-state index contributed by atoms with van der Waals surface area (Å²) in [5, 5.41) is 47.0. The number of carbonyl (C=O) groups is 2. The number of unbranched alkanes of at least 4 members (excludes halogenated alkanes) is 13. The molecule has 13 aromatic rings. The zero-order valence-corrected chi connectivity index (χ0v) is 82.0. The van der Waals surface area contributed by atoms with Gasteiger partial charge in [0.1, 0.15) is 46.9 Å². The van der Waals surface area contributed by atoms with Gasteiger partial charge in [0.15, 0.2) is 0 Å². The Morgan fingerprint density at radius 1 is 0.364 bits per heavy atom. The van der Waals surface area contributed by atoms with Crippen LogP contribution in [0.3, 0.4) is 0 Å². The summed E-state index contributed by atoms with van der Waals surface area (Å²) < 4.78 is 18.5. The average Bonchev–Trinajstić information content (AvgIpc) is 1.50. The standard InChI is InChI=1S/C113H112N4O4S8/c1-9-17-23-27-33-73-38-46-79(47-39-73)112(78-44-36-72(37-45-78)32-26-20-12-4)88-60-85-89(61-84(88)104-90(112)62-96(128-104)106-92(120-68-70(15-7)30-21-13-5)58-82(124-106)56-86-98(76(64-114)65-115)100-108-94(52-54-122-108)126-110(100)102(86)118)113(80-48-40-74(41-49-80)34-28-24-18-10-2,81-50-42-75(43-51-81)35-29-25-19-11-3)91-63-97(129-105(85)91)107-93(121-69-71(16-8)31-22-14-6)59-83(125-107)57-87-99(77(66-116)67-117)101-109-95(53-55-123-109)127-111(101)103(87)119/h36-63,70-71H,9-35,68-69H2,1-8H3/b86-56-,87-57-. The van der Waals surface area contributed by atoms with Gasteiger partial charge in [-0.1, -0.05) is 262 Å². The fraction of sp³-hybridized carbons (Fsp3) is 0.363. The second-order valence-corrected chi connectivity index (χ2v) is 43.7. The largest absolute Gasteiger partial charge is 0.492 e. The number of ether oxygens (including phenoxy) is 2. The van der Waals surface area contributed by atoms with Gasteiger partial charge in [-0.25, -0.2) is 0 Å². The van der Waals surface area contributed by atoms with Crippen LogP contribution in [0, 0.1) is 57.2 Å². The number of aryl methyl sites for hydroxylation is 4. The molecule has 8 aromatic heterocycles. The van der Waals surface area contributed by atoms with Crippen molar-refractivity contribution in [3.63, 3.8) is 0 Å². The van der Waals surface area contributed by atoms with Gasteiger partial charge in [-0.3, -0.25) is 9.59 Å². The van der Waals surface area contributed by atoms with E-state index in [0.29, 0.717) is 68.2 Å². The molecule has 3 atom stereocenters. The van der Waals surface area contributed by atoms with Crippen molar-refractivity contribution in [2.75, 3.05) is 13.2 Å². The molecule has 0 spiro atoms. The Morgan fingerprint density at radius 3 is 1.02 bits per heavy atom. The number of rotatable bonds is 41. The number of carbonyl (C=O) groups excluding carboxylic acids is 2. The summed E-state index contributed by atoms with van der Waals surface area (Å²) in [6, 6.07) is 66.3. The third kappa shape index (κ3) is 17.3. The number of allylic oxidation sites excluding steroid dienone is 6. The van der Waals surface area contributed by atoms with Crippen LogP contribution >= 0.6 is 90.7 Å². The normalized spacial score (nSPS) is 15.6. The van der Waals surface area contributed by atoms with Crippen molar-refractivity contribution in [1.82, 2.24) is 0 Å². The lowest BCUT2D eigenvalue weighted by atomic mass is 9.65. The van der Waals surface area contributed by atoms with E-state index >= 15 is 9.59 Å². The Hall–Kier alpha value is -9.92. The molecule has 656 valence electrons. The van der Waals surface area contributed by atoms with Crippen LogP contribution in [0.15, 0.2) is 179 Å². The predicted molar refractivity (Wildman–Crippen MR) is 548 cm³/mol. The first-order valence-electron chi connectivity index (χ1n) is 47.3. The minimum absolute atomic E-state index is 0.0722. The summed E-state index contributed by atoms with van der Waals surface area (Å²) in [7, 11) is 0. The summed E-state index contributed by atoms with van der Waals surface area (Å²) in [6.45, 7) is 19.2. The second-order valence-electron chi connectivity index (χ2n) is 35.5. The van der Waals surface area contributed by atoms with Crippen molar-refractivity contribution in [3.05, 3.63) is 276 Å². The van der Waals surface area contributed by atoms with E-state index in [2.05, 4.69) is 213 Å². The highest BCUT2D eigenvalue weighted by molar-refractivity contribution is 7.30. The lowest BCUT2D eigenvalue weighted by Crippen LogP contribution is -2.30. The van der Waals surface area contributed by atoms with E-state index in [1.54, 1.807) is 22.7 Å². The van der Waals surface area contributed by atoms with Crippen LogP contribution in [-0.2, 0) is 36.5 Å². The molecule has 0 amide bonds. The topological polar surface area (TPSA) is 148 Å². The van der Waals surface area contributed by atoms with Crippen molar-refractivity contribution in [2.24, 2.45) is 11.8 Å². The Morgan fingerprint density at radius 2 is 0.698 bits per heavy atom. The third-order valence-electron chi connectivity index (χ3n) is 27.3. The van der Waals surface area contributed by atoms with E-state index in [-0.39, 0.29) is 22.7 Å². The zero-order chi connectivity index (χ0) is 89.5. The number of nitriles is 4. The molecule has 17 rings (SSSR count). The van der Waals surface area contributed by atoms with Crippen molar-refractivity contribution in [2.45, 2.75) is 240 Å². The molecule has 4 aliphatic rings. The molecule has 4 aliphatic carbocycles. The molecule has 0 bridgehead atoms. The Kier molecular flexibility index (Phi) is 28.8. The number of nitrogens with zero attached hydrogens (tertiary/aromatic N) is 4. The SMILES string of the molecule is CCCCCCc1ccc(C2(c3ccc(CCCCC)cc3)c3cc4c(cc3-c3sc(-c5sc(/C=C6\C(=O)c7sc8ccsc8c7C6=C(C#N)C#N)cc5OCC(CC)CCCC)cc32)C(c2ccc(CCCCCC)cc2)(c2ccc(CCCCCC)cc2)c2cc(-c3sc(/C=C5\C(=O)c6sc7ccsc7c6C5=C(C#N)C#N)cc3OCC(CC)CCCC)sc2-4)cc1. The maximum atomic E-state index is 15.1. The van der Waals surface area contributed by atoms with Crippen molar-refractivity contribution >= 4 is 144 Å². The van der Waals surface area contributed by atoms with Gasteiger partial charge in [-0.2, -0.15) is 21.0 Å². The zero-order valence-electron chi connectivity index (χ0n) is 75.5. The number of hydrogen-bond donors (Lipinski definition) is 0. The Bertz CT molecular complexity index is 6280. The van der Waals surface area contributed by atoms with Crippen LogP contribution in [0.25, 0.3) is 82.5 Å². The molecule has 3 unspecified atom stereocenters. The quantitative estimate of drug-likeness (QED) is 0.0209. The first kappa shape index (κ1) is 91.0. The van der Waals surface area contributed by atoms with E-state index < -0.39 is 10.8 Å². The van der Waals surface area contributed by atoms with Gasteiger partial charge in [0.25, 0.3) is 0 Å². The molecule has 0 saturated carbocycles. The summed E-state index contributed by atoms with van der Waals surface area (Å²) in [4.78, 5) is 39.5. The molecule has 8 nitrogen and oxygen atoms in total. The van der Waals surface area contributed by atoms with Crippen LogP contribution in [0.4, 0.5) is 0 Å². The predicted octanol–water partition coefficient (Wildman–Crippen LogP) is 34.0. The summed E-state index contributed by atoms with van der Waals surface area (Å²) in [5.41, 5.74) is 18.3. The van der Waals surface area contributed by atoms with Gasteiger partial charge in [-0.15, -0.1) is 90.7 Å². The first-order chi connectivity index (χ1) is 63.2. The van der Waals surface area contributed by atoms with Crippen LogP contribution in [0.2, 0.25) is 0 Å². The van der Waals surface area contributed by atoms with E-state index in [1.807, 2.05) is 57.7 Å². The second kappa shape index (κ2) is 40.8. The van der Waals surface area contributed by atoms with Crippen LogP contribution in [0.5, 0.6) is 11.5 Å². The van der Waals surface area contributed by atoms with Gasteiger partial charge in [0, 0.05) is 72.1 Å². The third-order valence-corrected chi connectivity index (χ3v) is 36.5. The molecule has 0 N–H and O–H groups in total. The molecule has 129 heavy (non-hydrogen) atoms. The number of thiophene rings is 8. The van der Waals surface area contributed by atoms with E-state index in [4.69, 9.17) is 9.47 Å². The molecule has 5 aromatic carbocycles. The number of benzene rings is 5. The fourth-order valence-corrected chi connectivity index (χ4v) is 29.6. The van der Waals surface area contributed by atoms with Crippen LogP contribution in [0.1, 0.15) is 310 Å². The lowest BCUT2D eigenvalue weighted by molar-refractivity contribution is 0.103. The van der Waals surface area contributed by atoms with Crippen molar-refractivity contribution in [3.8, 4) is 76.2 Å². The van der Waals surface area contributed by atoms with Gasteiger partial charge < -0.3 is 9.47 Å². The summed E-state index contributed by atoms with van der Waals surface area (Å²) in [6.07, 6.45) is 33.7. The number of Topliss-reactive ketones (excluding diaryl/α,β-unsaturated/α-hetero) is 2. The minimum atomic E-state index is -0.881. The van der Waals surface area contributed by atoms with Crippen molar-refractivity contribution < 1.29 is 19.1 Å². The number of fused-ring (bicyclic) bond motifs is 12. The lowest BCUT2D eigenvalue weighted by Gasteiger charge is -2.35. The first-order valence-corrected chi connectivity index (χ1v) is 53.9. The van der Waals surface area contributed by atoms with E-state index in [9.17, 15) is 21.0 Å². The molecule has 8 heterocycles. The number of ketones is 2. The Labute approximate surface area is 794 Å². The molecule has 0 aliphatic heterocycles. The molecular formula is C113H112N4O4S8. The Balaban J connectivity index is 0.935. The van der Waals surface area contributed by atoms with E-state index in [1.165, 1.54) is 191 Å². The van der Waals surface area contributed by atoms with Gasteiger partial charge in [0.05, 0.1) is 53.0 Å². The van der Waals surface area contributed by atoms with Crippen molar-refractivity contribution in [1.29, 1.82) is 21.0 Å². The van der Waals surface area contributed by atoms with Crippen LogP contribution in [-0.4, -0.2) is 24.8 Å². The van der Waals surface area contributed by atoms with Gasteiger partial charge in [-0.05, 0) is 225 Å². The van der Waals surface area contributed by atoms with Crippen LogP contribution < -0.4 is 9.47 Å². The summed E-state index contributed by atoms with van der Waals surface area (Å²) in [5.74, 6) is 1.79.